The molecule has 4 heteroatoms. The monoisotopic (exact) mass is 290 g/mol. The van der Waals surface area contributed by atoms with Crippen LogP contribution in [0.5, 0.6) is 0 Å². The highest BCUT2D eigenvalue weighted by atomic mass is 16.2. The minimum Gasteiger partial charge on any atom is -0.339 e. The summed E-state index contributed by atoms with van der Waals surface area (Å²) in [6, 6.07) is 3.65. The van der Waals surface area contributed by atoms with Crippen LogP contribution >= 0.6 is 0 Å². The second kappa shape index (κ2) is 6.46. The van der Waals surface area contributed by atoms with Crippen molar-refractivity contribution in [3.63, 3.8) is 0 Å². The number of pyridine rings is 1. The molecule has 0 unspecified atom stereocenters. The fourth-order valence-corrected chi connectivity index (χ4v) is 2.54. The molecule has 0 aliphatic heterocycles. The van der Waals surface area contributed by atoms with Gasteiger partial charge in [0.1, 0.15) is 5.56 Å². The van der Waals surface area contributed by atoms with Crippen LogP contribution in [0.15, 0.2) is 23.1 Å². The van der Waals surface area contributed by atoms with Crippen molar-refractivity contribution in [2.75, 3.05) is 7.05 Å². The van der Waals surface area contributed by atoms with Crippen molar-refractivity contribution in [1.82, 2.24) is 9.47 Å². The van der Waals surface area contributed by atoms with Crippen LogP contribution in [0.4, 0.5) is 0 Å². The molecule has 4 nitrogen and oxygen atoms in total. The zero-order valence-corrected chi connectivity index (χ0v) is 13.5. The summed E-state index contributed by atoms with van der Waals surface area (Å²) in [6.45, 7) is 6.99. The Kier molecular flexibility index (Phi) is 4.86. The third-order valence-corrected chi connectivity index (χ3v) is 4.43. The Bertz CT molecular complexity index is 558. The van der Waals surface area contributed by atoms with Gasteiger partial charge in [-0.1, -0.05) is 13.8 Å². The van der Waals surface area contributed by atoms with Crippen molar-refractivity contribution in [2.45, 2.75) is 52.6 Å². The second-order valence-electron chi connectivity index (χ2n) is 6.60. The summed E-state index contributed by atoms with van der Waals surface area (Å²) in [5.74, 6) is 0.984. The zero-order valence-electron chi connectivity index (χ0n) is 13.5. The quantitative estimate of drug-likeness (QED) is 0.808. The van der Waals surface area contributed by atoms with E-state index in [1.165, 1.54) is 12.8 Å². The topological polar surface area (TPSA) is 42.3 Å². The van der Waals surface area contributed by atoms with E-state index in [9.17, 15) is 9.59 Å². The molecular formula is C17H26N2O2. The van der Waals surface area contributed by atoms with Gasteiger partial charge in [-0.05, 0) is 50.2 Å². The third-order valence-electron chi connectivity index (χ3n) is 4.43. The van der Waals surface area contributed by atoms with E-state index in [0.29, 0.717) is 18.4 Å². The molecule has 116 valence electrons. The Labute approximate surface area is 126 Å². The van der Waals surface area contributed by atoms with Crippen molar-refractivity contribution in [3.05, 3.63) is 34.2 Å². The van der Waals surface area contributed by atoms with E-state index < -0.39 is 0 Å². The lowest BCUT2D eigenvalue weighted by atomic mass is 10.1. The summed E-state index contributed by atoms with van der Waals surface area (Å²) in [5.41, 5.74) is 0.120. The number of aryl methyl sites for hydroxylation is 1. The minimum atomic E-state index is -0.169. The fourth-order valence-electron chi connectivity index (χ4n) is 2.54. The van der Waals surface area contributed by atoms with Crippen LogP contribution in [-0.2, 0) is 6.54 Å². The molecule has 2 rings (SSSR count). The van der Waals surface area contributed by atoms with Crippen LogP contribution in [0.1, 0.15) is 50.4 Å². The van der Waals surface area contributed by atoms with Crippen molar-refractivity contribution < 1.29 is 4.79 Å². The number of carbonyl (C=O) groups excluding carboxylic acids is 1. The molecule has 1 aromatic heterocycles. The standard InChI is InChI=1S/C17H26N2O2/c1-12(2)9-11-19-10-5-6-15(17(19)21)16(20)18(4)13(3)14-7-8-14/h5-6,10,12-14H,7-9,11H2,1-4H3/t13-/m1/s1. The van der Waals surface area contributed by atoms with Gasteiger partial charge in [-0.3, -0.25) is 9.59 Å². The Morgan fingerprint density at radius 2 is 2.05 bits per heavy atom. The molecule has 0 saturated heterocycles. The highest BCUT2D eigenvalue weighted by Gasteiger charge is 2.33. The number of aromatic nitrogens is 1. The normalized spacial score (nSPS) is 16.0. The molecule has 0 N–H and O–H groups in total. The number of hydrogen-bond donors (Lipinski definition) is 0. The van der Waals surface area contributed by atoms with Crippen LogP contribution in [0.3, 0.4) is 0 Å². The van der Waals surface area contributed by atoms with Crippen LogP contribution in [-0.4, -0.2) is 28.5 Å². The van der Waals surface area contributed by atoms with Gasteiger partial charge < -0.3 is 9.47 Å². The van der Waals surface area contributed by atoms with E-state index in [1.807, 2.05) is 0 Å². The molecule has 1 heterocycles. The summed E-state index contributed by atoms with van der Waals surface area (Å²) in [5, 5.41) is 0. The lowest BCUT2D eigenvalue weighted by Gasteiger charge is -2.24. The number of rotatable bonds is 6. The molecule has 0 spiro atoms. The van der Waals surface area contributed by atoms with Crippen LogP contribution in [0.25, 0.3) is 0 Å². The third kappa shape index (κ3) is 3.74. The summed E-state index contributed by atoms with van der Waals surface area (Å²) < 4.78 is 1.66. The van der Waals surface area contributed by atoms with Gasteiger partial charge in [0.2, 0.25) is 0 Å². The Hall–Kier alpha value is -1.58. The fraction of sp³-hybridized carbons (Fsp3) is 0.647. The molecule has 1 aliphatic rings. The van der Waals surface area contributed by atoms with Crippen LogP contribution in [0, 0.1) is 11.8 Å². The van der Waals surface area contributed by atoms with Crippen molar-refractivity contribution in [3.8, 4) is 0 Å². The molecule has 1 saturated carbocycles. The zero-order chi connectivity index (χ0) is 15.6. The average Bonchev–Trinajstić information content (AvgIpc) is 3.28. The number of hydrogen-bond acceptors (Lipinski definition) is 2. The van der Waals surface area contributed by atoms with Crippen molar-refractivity contribution in [1.29, 1.82) is 0 Å². The Balaban J connectivity index is 2.17. The largest absolute Gasteiger partial charge is 0.339 e. The number of carbonyl (C=O) groups is 1. The Morgan fingerprint density at radius 3 is 2.62 bits per heavy atom. The molecule has 0 radical (unpaired) electrons. The predicted octanol–water partition coefficient (Wildman–Crippen LogP) is 2.76. The highest BCUT2D eigenvalue weighted by molar-refractivity contribution is 5.93. The molecule has 1 atom stereocenters. The molecule has 0 aromatic carbocycles. The van der Waals surface area contributed by atoms with Gasteiger partial charge in [-0.15, -0.1) is 0 Å². The van der Waals surface area contributed by atoms with E-state index >= 15 is 0 Å². The maximum Gasteiger partial charge on any atom is 0.263 e. The van der Waals surface area contributed by atoms with Gasteiger partial charge in [-0.2, -0.15) is 0 Å². The van der Waals surface area contributed by atoms with Crippen molar-refractivity contribution in [2.24, 2.45) is 11.8 Å². The van der Waals surface area contributed by atoms with E-state index in [0.717, 1.165) is 6.42 Å². The summed E-state index contributed by atoms with van der Waals surface area (Å²) in [4.78, 5) is 26.7. The van der Waals surface area contributed by atoms with Crippen molar-refractivity contribution >= 4 is 5.91 Å². The minimum absolute atomic E-state index is 0.154. The lowest BCUT2D eigenvalue weighted by molar-refractivity contribution is 0.0725. The summed E-state index contributed by atoms with van der Waals surface area (Å²) in [7, 11) is 1.80. The Morgan fingerprint density at radius 1 is 1.38 bits per heavy atom. The smallest absolute Gasteiger partial charge is 0.263 e. The van der Waals surface area contributed by atoms with E-state index in [-0.39, 0.29) is 23.1 Å². The number of nitrogens with zero attached hydrogens (tertiary/aromatic N) is 2. The second-order valence-corrected chi connectivity index (χ2v) is 6.60. The van der Waals surface area contributed by atoms with Gasteiger partial charge in [0, 0.05) is 25.8 Å². The summed E-state index contributed by atoms with van der Waals surface area (Å²) in [6.07, 6.45) is 5.08. The van der Waals surface area contributed by atoms with Gasteiger partial charge in [0.15, 0.2) is 0 Å². The first-order chi connectivity index (χ1) is 9.91. The molecular weight excluding hydrogens is 264 g/mol. The van der Waals surface area contributed by atoms with E-state index in [4.69, 9.17) is 0 Å². The lowest BCUT2D eigenvalue weighted by Crippen LogP contribution is -2.40. The predicted molar refractivity (Wildman–Crippen MR) is 84.4 cm³/mol. The highest BCUT2D eigenvalue weighted by Crippen LogP contribution is 2.34. The van der Waals surface area contributed by atoms with Crippen LogP contribution < -0.4 is 5.56 Å². The van der Waals surface area contributed by atoms with Gasteiger partial charge in [0.05, 0.1) is 0 Å². The van der Waals surface area contributed by atoms with Gasteiger partial charge in [-0.25, -0.2) is 0 Å². The van der Waals surface area contributed by atoms with E-state index in [1.54, 1.807) is 34.8 Å². The maximum atomic E-state index is 12.5. The summed E-state index contributed by atoms with van der Waals surface area (Å²) >= 11 is 0. The number of amides is 1. The van der Waals surface area contributed by atoms with Gasteiger partial charge in [0.25, 0.3) is 11.5 Å². The van der Waals surface area contributed by atoms with Crippen LogP contribution in [0.2, 0.25) is 0 Å². The molecule has 0 bridgehead atoms. The molecule has 1 fully saturated rings. The van der Waals surface area contributed by atoms with Gasteiger partial charge >= 0.3 is 0 Å². The SMILES string of the molecule is CC(C)CCn1cccc(C(=O)N(C)[C@H](C)C2CC2)c1=O. The molecule has 1 amide bonds. The average molecular weight is 290 g/mol. The first-order valence-corrected chi connectivity index (χ1v) is 7.88. The first kappa shape index (κ1) is 15.8. The maximum absolute atomic E-state index is 12.5. The molecule has 1 aliphatic carbocycles. The van der Waals surface area contributed by atoms with E-state index in [2.05, 4.69) is 20.8 Å². The molecule has 21 heavy (non-hydrogen) atoms. The molecule has 1 aromatic rings. The first-order valence-electron chi connectivity index (χ1n) is 7.88.